The van der Waals surface area contributed by atoms with Crippen LogP contribution in [-0.4, -0.2) is 53.4 Å². The first kappa shape index (κ1) is 21.7. The van der Waals surface area contributed by atoms with E-state index in [1.165, 1.54) is 4.31 Å². The number of para-hydroxylation sites is 2. The molecule has 0 N–H and O–H groups in total. The molecule has 1 aromatic heterocycles. The van der Waals surface area contributed by atoms with Crippen LogP contribution in [0, 0.1) is 11.6 Å². The third-order valence-corrected chi connectivity index (χ3v) is 7.44. The second kappa shape index (κ2) is 8.21. The summed E-state index contributed by atoms with van der Waals surface area (Å²) in [6, 6.07) is 8.61. The number of fused-ring (bicyclic) bond motifs is 1. The number of halogens is 4. The number of nitrogens with zero attached hydrogens (tertiary/aromatic N) is 4. The quantitative estimate of drug-likeness (QED) is 0.549. The molecule has 11 heteroatoms. The molecule has 0 radical (unpaired) electrons. The summed E-state index contributed by atoms with van der Waals surface area (Å²) in [5.41, 5.74) is 0.795. The van der Waals surface area contributed by atoms with Gasteiger partial charge in [-0.05, 0) is 37.3 Å². The van der Waals surface area contributed by atoms with Crippen molar-refractivity contribution in [3.05, 3.63) is 59.9 Å². The van der Waals surface area contributed by atoms with E-state index in [0.29, 0.717) is 17.1 Å². The Morgan fingerprint density at radius 2 is 1.65 bits per heavy atom. The molecule has 1 saturated heterocycles. The summed E-state index contributed by atoms with van der Waals surface area (Å²) in [6.07, 6.45) is 0. The van der Waals surface area contributed by atoms with Crippen LogP contribution in [0.3, 0.4) is 0 Å². The molecule has 4 rings (SSSR count). The number of hydrogen-bond donors (Lipinski definition) is 0. The summed E-state index contributed by atoms with van der Waals surface area (Å²) in [7, 11) is -4.00. The summed E-state index contributed by atoms with van der Waals surface area (Å²) in [6.45, 7) is -0.298. The third-order valence-electron chi connectivity index (χ3n) is 5.54. The van der Waals surface area contributed by atoms with Crippen molar-refractivity contribution in [2.24, 2.45) is 0 Å². The zero-order valence-corrected chi connectivity index (χ0v) is 17.4. The molecule has 0 amide bonds. The van der Waals surface area contributed by atoms with Crippen LogP contribution in [0.15, 0.2) is 47.4 Å². The van der Waals surface area contributed by atoms with Gasteiger partial charge < -0.3 is 0 Å². The maximum absolute atomic E-state index is 13.7. The second-order valence-electron chi connectivity index (χ2n) is 7.30. The minimum absolute atomic E-state index is 0.0839. The van der Waals surface area contributed by atoms with Gasteiger partial charge in [-0.2, -0.15) is 13.1 Å². The Bertz CT molecular complexity index is 1210. The number of sulfonamides is 1. The highest BCUT2D eigenvalue weighted by Gasteiger charge is 2.33. The first-order valence-corrected chi connectivity index (χ1v) is 11.1. The van der Waals surface area contributed by atoms with Crippen molar-refractivity contribution in [1.29, 1.82) is 0 Å². The predicted octanol–water partition coefficient (Wildman–Crippen LogP) is 3.78. The average molecular weight is 456 g/mol. The molecular formula is C20H20F4N4O2S. The lowest BCUT2D eigenvalue weighted by molar-refractivity contribution is 0.0616. The van der Waals surface area contributed by atoms with Crippen LogP contribution in [-0.2, 0) is 10.0 Å². The molecule has 2 aromatic carbocycles. The maximum Gasteiger partial charge on any atom is 0.320 e. The molecule has 1 atom stereocenters. The highest BCUT2D eigenvalue weighted by Crippen LogP contribution is 2.30. The lowest BCUT2D eigenvalue weighted by Crippen LogP contribution is -2.49. The Balaban J connectivity index is 1.53. The number of piperazine rings is 1. The Labute approximate surface area is 176 Å². The van der Waals surface area contributed by atoms with Gasteiger partial charge in [-0.1, -0.05) is 12.1 Å². The van der Waals surface area contributed by atoms with E-state index in [0.717, 1.165) is 16.7 Å². The van der Waals surface area contributed by atoms with Gasteiger partial charge in [-0.25, -0.2) is 22.2 Å². The molecule has 6 nitrogen and oxygen atoms in total. The largest absolute Gasteiger partial charge is 0.320 e. The van der Waals surface area contributed by atoms with Crippen LogP contribution in [0.1, 0.15) is 25.3 Å². The fourth-order valence-corrected chi connectivity index (χ4v) is 5.28. The van der Waals surface area contributed by atoms with Gasteiger partial charge >= 0.3 is 6.55 Å². The van der Waals surface area contributed by atoms with Crippen LogP contribution in [0.25, 0.3) is 11.0 Å². The Kier molecular flexibility index (Phi) is 5.75. The van der Waals surface area contributed by atoms with Crippen LogP contribution in [0.2, 0.25) is 0 Å². The average Bonchev–Trinajstić information content (AvgIpc) is 3.15. The topological polar surface area (TPSA) is 58.4 Å². The minimum Gasteiger partial charge on any atom is -0.291 e. The lowest BCUT2D eigenvalue weighted by Gasteiger charge is -2.37. The van der Waals surface area contributed by atoms with Crippen molar-refractivity contribution < 1.29 is 26.0 Å². The predicted molar refractivity (Wildman–Crippen MR) is 106 cm³/mol. The summed E-state index contributed by atoms with van der Waals surface area (Å²) in [4.78, 5) is 5.92. The van der Waals surface area contributed by atoms with Crippen molar-refractivity contribution in [1.82, 2.24) is 18.8 Å². The smallest absolute Gasteiger partial charge is 0.291 e. The van der Waals surface area contributed by atoms with E-state index >= 15 is 0 Å². The lowest BCUT2D eigenvalue weighted by atomic mass is 10.2. The molecule has 1 aliphatic heterocycles. The molecule has 1 aliphatic rings. The van der Waals surface area contributed by atoms with Gasteiger partial charge in [0.05, 0.1) is 22.0 Å². The summed E-state index contributed by atoms with van der Waals surface area (Å²) in [5.74, 6) is -2.16. The van der Waals surface area contributed by atoms with Gasteiger partial charge in [0.1, 0.15) is 5.82 Å². The molecule has 31 heavy (non-hydrogen) atoms. The van der Waals surface area contributed by atoms with Gasteiger partial charge in [-0.3, -0.25) is 9.47 Å². The normalized spacial score (nSPS) is 17.5. The molecule has 1 fully saturated rings. The monoisotopic (exact) mass is 456 g/mol. The van der Waals surface area contributed by atoms with Crippen LogP contribution in [0.4, 0.5) is 17.6 Å². The van der Waals surface area contributed by atoms with Gasteiger partial charge in [0, 0.05) is 26.2 Å². The van der Waals surface area contributed by atoms with Gasteiger partial charge in [0.25, 0.3) is 0 Å². The standard InChI is InChI=1S/C20H20F4N4O2S/c1-13(19-25-17-4-2-3-5-18(17)28(19)20(23)24)26-8-10-27(11-9-26)31(29,30)14-6-7-15(21)16(22)12-14/h2-7,12-13,20H,8-11H2,1H3. The maximum atomic E-state index is 13.7. The highest BCUT2D eigenvalue weighted by atomic mass is 32.2. The molecule has 0 bridgehead atoms. The molecule has 1 unspecified atom stereocenters. The number of aromatic nitrogens is 2. The molecule has 0 saturated carbocycles. The Morgan fingerprint density at radius 1 is 0.968 bits per heavy atom. The Morgan fingerprint density at radius 3 is 2.29 bits per heavy atom. The van der Waals surface area contributed by atoms with Crippen molar-refractivity contribution in [3.8, 4) is 0 Å². The molecule has 0 aliphatic carbocycles. The van der Waals surface area contributed by atoms with E-state index in [4.69, 9.17) is 0 Å². The van der Waals surface area contributed by atoms with Crippen LogP contribution >= 0.6 is 0 Å². The number of benzene rings is 2. The third kappa shape index (κ3) is 3.92. The fourth-order valence-electron chi connectivity index (χ4n) is 3.84. The van der Waals surface area contributed by atoms with Gasteiger partial charge in [0.15, 0.2) is 11.6 Å². The van der Waals surface area contributed by atoms with E-state index < -0.39 is 34.2 Å². The molecule has 3 aromatic rings. The fraction of sp³-hybridized carbons (Fsp3) is 0.350. The van der Waals surface area contributed by atoms with E-state index in [9.17, 15) is 26.0 Å². The SMILES string of the molecule is CC(c1nc2ccccc2n1C(F)F)N1CCN(S(=O)(=O)c2ccc(F)c(F)c2)CC1. The van der Waals surface area contributed by atoms with E-state index in [2.05, 4.69) is 4.98 Å². The van der Waals surface area contributed by atoms with Crippen molar-refractivity contribution >= 4 is 21.1 Å². The summed E-state index contributed by atoms with van der Waals surface area (Å²) >= 11 is 0. The highest BCUT2D eigenvalue weighted by molar-refractivity contribution is 7.89. The number of alkyl halides is 2. The number of hydrogen-bond acceptors (Lipinski definition) is 4. The second-order valence-corrected chi connectivity index (χ2v) is 9.24. The molecular weight excluding hydrogens is 436 g/mol. The van der Waals surface area contributed by atoms with Crippen LogP contribution in [0.5, 0.6) is 0 Å². The minimum atomic E-state index is -4.00. The molecule has 2 heterocycles. The Hall–Kier alpha value is -2.50. The zero-order chi connectivity index (χ0) is 22.3. The van der Waals surface area contributed by atoms with Gasteiger partial charge in [0.2, 0.25) is 10.0 Å². The van der Waals surface area contributed by atoms with E-state index in [1.807, 2.05) is 4.90 Å². The van der Waals surface area contributed by atoms with E-state index in [-0.39, 0.29) is 36.9 Å². The summed E-state index contributed by atoms with van der Waals surface area (Å²) < 4.78 is 81.7. The number of imidazole rings is 1. The zero-order valence-electron chi connectivity index (χ0n) is 16.6. The first-order valence-electron chi connectivity index (χ1n) is 9.64. The van der Waals surface area contributed by atoms with Crippen molar-refractivity contribution in [2.45, 2.75) is 24.4 Å². The van der Waals surface area contributed by atoms with Crippen molar-refractivity contribution in [2.75, 3.05) is 26.2 Å². The number of rotatable bonds is 5. The van der Waals surface area contributed by atoms with Crippen molar-refractivity contribution in [3.63, 3.8) is 0 Å². The molecule has 0 spiro atoms. The first-order chi connectivity index (χ1) is 14.7. The van der Waals surface area contributed by atoms with Gasteiger partial charge in [-0.15, -0.1) is 0 Å². The summed E-state index contributed by atoms with van der Waals surface area (Å²) in [5, 5.41) is 0. The molecule has 166 valence electrons. The van der Waals surface area contributed by atoms with Crippen LogP contribution < -0.4 is 0 Å². The van der Waals surface area contributed by atoms with E-state index in [1.54, 1.807) is 31.2 Å².